The minimum atomic E-state index is -0.512. The minimum Gasteiger partial charge on any atom is -0.486 e. The van der Waals surface area contributed by atoms with E-state index in [-0.39, 0.29) is 5.56 Å². The van der Waals surface area contributed by atoms with Gasteiger partial charge in [0.05, 0.1) is 5.56 Å². The van der Waals surface area contributed by atoms with Crippen LogP contribution in [0.1, 0.15) is 11.1 Å². The molecule has 0 fully saturated rings. The second-order valence-electron chi connectivity index (χ2n) is 4.64. The second kappa shape index (κ2) is 5.71. The average Bonchev–Trinajstić information content (AvgIpc) is 2.54. The molecule has 1 aliphatic rings. The highest BCUT2D eigenvalue weighted by Gasteiger charge is 2.11. The summed E-state index contributed by atoms with van der Waals surface area (Å²) >= 11 is 0. The second-order valence-corrected chi connectivity index (χ2v) is 4.64. The molecule has 0 unspecified atom stereocenters. The van der Waals surface area contributed by atoms with Crippen molar-refractivity contribution in [3.63, 3.8) is 0 Å². The van der Waals surface area contributed by atoms with Gasteiger partial charge < -0.3 is 14.8 Å². The molecule has 106 valence electrons. The summed E-state index contributed by atoms with van der Waals surface area (Å²) in [5, 5.41) is 12.0. The Morgan fingerprint density at radius 1 is 1.10 bits per heavy atom. The minimum absolute atomic E-state index is 0.0298. The maximum Gasteiger partial charge on any atom is 0.161 e. The number of fused-ring (bicyclic) bond motifs is 1. The molecule has 0 aliphatic carbocycles. The van der Waals surface area contributed by atoms with E-state index in [4.69, 9.17) is 14.7 Å². The van der Waals surface area contributed by atoms with Crippen molar-refractivity contribution in [3.05, 3.63) is 53.3 Å². The van der Waals surface area contributed by atoms with E-state index in [2.05, 4.69) is 5.32 Å². The zero-order valence-electron chi connectivity index (χ0n) is 11.2. The predicted octanol–water partition coefficient (Wildman–Crippen LogP) is 3.08. The van der Waals surface area contributed by atoms with Crippen molar-refractivity contribution >= 4 is 5.69 Å². The van der Waals surface area contributed by atoms with Crippen LogP contribution in [0.3, 0.4) is 0 Å². The van der Waals surface area contributed by atoms with E-state index in [9.17, 15) is 4.39 Å². The number of nitrogens with one attached hydrogen (secondary N) is 1. The molecule has 0 amide bonds. The molecule has 21 heavy (non-hydrogen) atoms. The smallest absolute Gasteiger partial charge is 0.161 e. The molecule has 2 aromatic rings. The van der Waals surface area contributed by atoms with E-state index < -0.39 is 5.82 Å². The first-order chi connectivity index (χ1) is 10.3. The van der Waals surface area contributed by atoms with Crippen molar-refractivity contribution in [1.29, 1.82) is 5.26 Å². The lowest BCUT2D eigenvalue weighted by Gasteiger charge is -2.19. The van der Waals surface area contributed by atoms with Crippen molar-refractivity contribution < 1.29 is 13.9 Å². The van der Waals surface area contributed by atoms with Gasteiger partial charge in [0.2, 0.25) is 0 Å². The Bertz CT molecular complexity index is 710. The predicted molar refractivity (Wildman–Crippen MR) is 75.9 cm³/mol. The van der Waals surface area contributed by atoms with E-state index in [1.165, 1.54) is 12.1 Å². The Morgan fingerprint density at radius 3 is 2.71 bits per heavy atom. The van der Waals surface area contributed by atoms with Gasteiger partial charge in [0.25, 0.3) is 0 Å². The normalized spacial score (nSPS) is 12.6. The van der Waals surface area contributed by atoms with Crippen molar-refractivity contribution in [1.82, 2.24) is 0 Å². The number of hydrogen-bond acceptors (Lipinski definition) is 4. The van der Waals surface area contributed by atoms with Crippen LogP contribution < -0.4 is 14.8 Å². The average molecular weight is 284 g/mol. The van der Waals surface area contributed by atoms with Crippen molar-refractivity contribution in [2.24, 2.45) is 0 Å². The molecule has 3 rings (SSSR count). The number of hydrogen-bond donors (Lipinski definition) is 1. The van der Waals surface area contributed by atoms with Gasteiger partial charge in [-0.3, -0.25) is 0 Å². The molecule has 2 aromatic carbocycles. The molecular formula is C16H13FN2O2. The fourth-order valence-electron chi connectivity index (χ4n) is 2.12. The van der Waals surface area contributed by atoms with Crippen LogP contribution >= 0.6 is 0 Å². The number of anilines is 1. The van der Waals surface area contributed by atoms with Crippen LogP contribution in [0, 0.1) is 17.1 Å². The van der Waals surface area contributed by atoms with Gasteiger partial charge in [0, 0.05) is 12.2 Å². The van der Waals surface area contributed by atoms with Crippen LogP contribution in [-0.4, -0.2) is 13.2 Å². The molecule has 0 aromatic heterocycles. The maximum absolute atomic E-state index is 13.2. The van der Waals surface area contributed by atoms with Crippen LogP contribution in [0.25, 0.3) is 0 Å². The number of ether oxygens (including phenoxy) is 2. The third kappa shape index (κ3) is 2.90. The number of rotatable bonds is 3. The molecule has 0 saturated heterocycles. The fraction of sp³-hybridized carbons (Fsp3) is 0.188. The molecule has 4 nitrogen and oxygen atoms in total. The van der Waals surface area contributed by atoms with E-state index >= 15 is 0 Å². The lowest BCUT2D eigenvalue weighted by molar-refractivity contribution is 0.171. The lowest BCUT2D eigenvalue weighted by atomic mass is 10.1. The lowest BCUT2D eigenvalue weighted by Crippen LogP contribution is -2.15. The van der Waals surface area contributed by atoms with Crippen molar-refractivity contribution in [2.45, 2.75) is 6.54 Å². The van der Waals surface area contributed by atoms with E-state index in [0.717, 1.165) is 17.1 Å². The fourth-order valence-corrected chi connectivity index (χ4v) is 2.12. The summed E-state index contributed by atoms with van der Waals surface area (Å²) in [5.74, 6) is 0.971. The molecule has 0 spiro atoms. The SMILES string of the molecule is N#Cc1cc(NCc2ccc3c(c2)OCCO3)ccc1F. The molecule has 0 saturated carbocycles. The van der Waals surface area contributed by atoms with Gasteiger partial charge in [-0.1, -0.05) is 6.07 Å². The summed E-state index contributed by atoms with van der Waals surface area (Å²) in [4.78, 5) is 0. The standard InChI is InChI=1S/C16H13FN2O2/c17-14-3-2-13(8-12(14)9-18)19-10-11-1-4-15-16(7-11)21-6-5-20-15/h1-4,7-8,19H,5-6,10H2. The van der Waals surface area contributed by atoms with Crippen molar-refractivity contribution in [2.75, 3.05) is 18.5 Å². The van der Waals surface area contributed by atoms with E-state index in [1.807, 2.05) is 24.3 Å². The molecule has 1 aliphatic heterocycles. The Morgan fingerprint density at radius 2 is 1.90 bits per heavy atom. The Hall–Kier alpha value is -2.74. The number of nitriles is 1. The summed E-state index contributed by atoms with van der Waals surface area (Å²) in [5.41, 5.74) is 1.74. The molecule has 0 radical (unpaired) electrons. The number of benzene rings is 2. The maximum atomic E-state index is 13.2. The topological polar surface area (TPSA) is 54.3 Å². The molecule has 0 atom stereocenters. The highest BCUT2D eigenvalue weighted by atomic mass is 19.1. The van der Waals surface area contributed by atoms with Gasteiger partial charge in [-0.25, -0.2) is 4.39 Å². The monoisotopic (exact) mass is 284 g/mol. The van der Waals surface area contributed by atoms with Crippen LogP contribution in [-0.2, 0) is 6.54 Å². The largest absolute Gasteiger partial charge is 0.486 e. The van der Waals surface area contributed by atoms with E-state index in [0.29, 0.717) is 25.4 Å². The van der Waals surface area contributed by atoms with Crippen LogP contribution in [0.4, 0.5) is 10.1 Å². The molecule has 0 bridgehead atoms. The Balaban J connectivity index is 1.72. The van der Waals surface area contributed by atoms with Gasteiger partial charge in [-0.15, -0.1) is 0 Å². The quantitative estimate of drug-likeness (QED) is 0.941. The van der Waals surface area contributed by atoms with Crippen LogP contribution in [0.2, 0.25) is 0 Å². The number of halogens is 1. The van der Waals surface area contributed by atoms with Crippen molar-refractivity contribution in [3.8, 4) is 17.6 Å². The van der Waals surface area contributed by atoms with E-state index in [1.54, 1.807) is 6.07 Å². The van der Waals surface area contributed by atoms with Crippen LogP contribution in [0.5, 0.6) is 11.5 Å². The third-order valence-corrected chi connectivity index (χ3v) is 3.19. The van der Waals surface area contributed by atoms with Gasteiger partial charge >= 0.3 is 0 Å². The van der Waals surface area contributed by atoms with Gasteiger partial charge in [-0.05, 0) is 35.9 Å². The first-order valence-electron chi connectivity index (χ1n) is 6.58. The molecular weight excluding hydrogens is 271 g/mol. The first kappa shape index (κ1) is 13.3. The number of nitrogens with zero attached hydrogens (tertiary/aromatic N) is 1. The summed E-state index contributed by atoms with van der Waals surface area (Å²) in [6.45, 7) is 1.66. The highest BCUT2D eigenvalue weighted by molar-refractivity contribution is 5.51. The first-order valence-corrected chi connectivity index (χ1v) is 6.58. The highest BCUT2D eigenvalue weighted by Crippen LogP contribution is 2.31. The zero-order valence-corrected chi connectivity index (χ0v) is 11.2. The summed E-state index contributed by atoms with van der Waals surface area (Å²) in [6.07, 6.45) is 0. The zero-order chi connectivity index (χ0) is 14.7. The van der Waals surface area contributed by atoms with Gasteiger partial charge in [0.15, 0.2) is 11.5 Å². The summed E-state index contributed by atoms with van der Waals surface area (Å²) in [7, 11) is 0. The molecule has 5 heteroatoms. The molecule has 1 N–H and O–H groups in total. The Labute approximate surface area is 121 Å². The van der Waals surface area contributed by atoms with Gasteiger partial charge in [-0.2, -0.15) is 5.26 Å². The third-order valence-electron chi connectivity index (χ3n) is 3.19. The summed E-state index contributed by atoms with van der Waals surface area (Å²) < 4.78 is 24.2. The molecule has 1 heterocycles. The van der Waals surface area contributed by atoms with Crippen LogP contribution in [0.15, 0.2) is 36.4 Å². The summed E-state index contributed by atoms with van der Waals surface area (Å²) in [6, 6.07) is 11.9. The van der Waals surface area contributed by atoms with Gasteiger partial charge in [0.1, 0.15) is 25.1 Å². The Kier molecular flexibility index (Phi) is 3.61.